The van der Waals surface area contributed by atoms with E-state index < -0.39 is 5.91 Å². The highest BCUT2D eigenvalue weighted by Gasteiger charge is 2.16. The van der Waals surface area contributed by atoms with Gasteiger partial charge in [-0.05, 0) is 24.1 Å². The fourth-order valence-electron chi connectivity index (χ4n) is 3.43. The van der Waals surface area contributed by atoms with E-state index in [9.17, 15) is 9.59 Å². The molecule has 0 atom stereocenters. The molecule has 0 saturated heterocycles. The van der Waals surface area contributed by atoms with Gasteiger partial charge >= 0.3 is 0 Å². The fraction of sp³-hybridized carbons (Fsp3) is 0.370. The predicted octanol–water partition coefficient (Wildman–Crippen LogP) is 0.765. The van der Waals surface area contributed by atoms with Crippen LogP contribution in [-0.2, 0) is 16.1 Å². The molecule has 0 spiro atoms. The monoisotopic (exact) mass is 627 g/mol. The van der Waals surface area contributed by atoms with Crippen LogP contribution in [-0.4, -0.2) is 71.9 Å². The zero-order valence-electron chi connectivity index (χ0n) is 23.9. The van der Waals surface area contributed by atoms with Crippen LogP contribution in [0.2, 0.25) is 0 Å². The first-order valence-corrected chi connectivity index (χ1v) is 15.3. The number of thiazole rings is 1. The number of nitrogens with zero attached hydrogens (tertiary/aromatic N) is 4. The van der Waals surface area contributed by atoms with Gasteiger partial charge in [0.1, 0.15) is 10.6 Å². The number of ether oxygens (including phenoxy) is 1. The Morgan fingerprint density at radius 3 is 2.51 bits per heavy atom. The van der Waals surface area contributed by atoms with Crippen molar-refractivity contribution >= 4 is 57.4 Å². The highest BCUT2D eigenvalue weighted by atomic mass is 32.2. The van der Waals surface area contributed by atoms with Crippen LogP contribution in [0.3, 0.4) is 0 Å². The van der Waals surface area contributed by atoms with Gasteiger partial charge in [0.2, 0.25) is 0 Å². The number of benzene rings is 1. The second kappa shape index (κ2) is 17.7. The van der Waals surface area contributed by atoms with Gasteiger partial charge in [0.05, 0.1) is 26.0 Å². The van der Waals surface area contributed by atoms with Gasteiger partial charge in [-0.2, -0.15) is 0 Å². The van der Waals surface area contributed by atoms with E-state index in [1.165, 1.54) is 23.0 Å². The molecule has 0 fully saturated rings. The summed E-state index contributed by atoms with van der Waals surface area (Å²) in [5.74, 6) is 12.9. The summed E-state index contributed by atoms with van der Waals surface area (Å²) in [4.78, 5) is 37.3. The summed E-state index contributed by atoms with van der Waals surface area (Å²) in [5.41, 5.74) is 19.4. The minimum atomic E-state index is -0.424. The molecule has 0 radical (unpaired) electrons. The molecule has 0 aliphatic rings. The molecule has 2 aromatic heterocycles. The SMILES string of the molecule is CCCSc1nc(NCCN)c(N)c(N(N)Cc2ccc(C#CC(=O)NCCOCCNC(=O)c3cnc(N)s3)cc2)n1. The molecule has 3 aromatic rings. The molecule has 0 aliphatic heterocycles. The zero-order chi connectivity index (χ0) is 31.0. The van der Waals surface area contributed by atoms with E-state index in [1.54, 1.807) is 0 Å². The zero-order valence-corrected chi connectivity index (χ0v) is 25.5. The number of amides is 2. The van der Waals surface area contributed by atoms with E-state index in [0.29, 0.717) is 70.8 Å². The normalized spacial score (nSPS) is 10.5. The quantitative estimate of drug-likeness (QED) is 0.0291. The van der Waals surface area contributed by atoms with Gasteiger partial charge in [-0.25, -0.2) is 20.8 Å². The number of nitrogens with two attached hydrogens (primary N) is 4. The van der Waals surface area contributed by atoms with Crippen molar-refractivity contribution in [3.63, 3.8) is 0 Å². The van der Waals surface area contributed by atoms with E-state index >= 15 is 0 Å². The Hall–Kier alpha value is -4.14. The molecule has 1 aromatic carbocycles. The summed E-state index contributed by atoms with van der Waals surface area (Å²) in [5, 5.41) is 10.9. The van der Waals surface area contributed by atoms with Crippen molar-refractivity contribution in [2.75, 3.05) is 66.9 Å². The molecule has 16 heteroatoms. The topological polar surface area (TPSA) is 225 Å². The highest BCUT2D eigenvalue weighted by molar-refractivity contribution is 7.99. The van der Waals surface area contributed by atoms with E-state index in [1.807, 2.05) is 24.3 Å². The van der Waals surface area contributed by atoms with Gasteiger partial charge < -0.3 is 37.9 Å². The summed E-state index contributed by atoms with van der Waals surface area (Å²) in [6.45, 7) is 4.55. The Labute approximate surface area is 258 Å². The molecule has 11 N–H and O–H groups in total. The molecule has 0 unspecified atom stereocenters. The molecule has 14 nitrogen and oxygen atoms in total. The molecule has 0 saturated carbocycles. The number of hydrogen-bond acceptors (Lipinski definition) is 14. The number of aromatic nitrogens is 3. The van der Waals surface area contributed by atoms with Crippen LogP contribution in [0.15, 0.2) is 35.6 Å². The second-order valence-corrected chi connectivity index (χ2v) is 11.0. The summed E-state index contributed by atoms with van der Waals surface area (Å²) in [7, 11) is 0. The Morgan fingerprint density at radius 2 is 1.84 bits per heavy atom. The number of hydrogen-bond donors (Lipinski definition) is 7. The summed E-state index contributed by atoms with van der Waals surface area (Å²) in [6, 6.07) is 7.36. The summed E-state index contributed by atoms with van der Waals surface area (Å²) < 4.78 is 5.42. The first kappa shape index (κ1) is 33.4. The van der Waals surface area contributed by atoms with Gasteiger partial charge in [-0.3, -0.25) is 14.6 Å². The lowest BCUT2D eigenvalue weighted by molar-refractivity contribution is -0.115. The van der Waals surface area contributed by atoms with E-state index in [-0.39, 0.29) is 19.1 Å². The molecule has 0 bridgehead atoms. The van der Waals surface area contributed by atoms with Crippen LogP contribution in [0.25, 0.3) is 0 Å². The number of nitrogens with one attached hydrogen (secondary N) is 3. The molecule has 2 heterocycles. The van der Waals surface area contributed by atoms with Crippen LogP contribution >= 0.6 is 23.1 Å². The van der Waals surface area contributed by atoms with Crippen molar-refractivity contribution in [3.05, 3.63) is 46.5 Å². The second-order valence-electron chi connectivity index (χ2n) is 8.92. The van der Waals surface area contributed by atoms with E-state index in [4.69, 9.17) is 27.8 Å². The maximum Gasteiger partial charge on any atom is 0.296 e. The fourth-order valence-corrected chi connectivity index (χ4v) is 4.73. The average Bonchev–Trinajstić information content (AvgIpc) is 3.45. The molecule has 0 aliphatic carbocycles. The lowest BCUT2D eigenvalue weighted by Gasteiger charge is -2.21. The standard InChI is InChI=1S/C27H37N11O3S2/c1-2-15-42-27-36-23(33-10-9-28)22(29)24(37-27)38(31)17-19-5-3-18(4-6-19)7-8-21(39)32-11-13-41-14-12-34-25(40)20-16-35-26(30)43-20/h3-6,16H,2,9-15,17,28-29,31H2,1H3,(H2,30,35)(H,32,39)(H,34,40)(H,33,36,37). The number of nitrogen functional groups attached to an aromatic ring is 2. The van der Waals surface area contributed by atoms with Crippen molar-refractivity contribution < 1.29 is 14.3 Å². The molecule has 2 amide bonds. The Bertz CT molecular complexity index is 1410. The molecule has 43 heavy (non-hydrogen) atoms. The van der Waals surface area contributed by atoms with Crippen LogP contribution in [0.4, 0.5) is 22.5 Å². The number of carbonyl (C=O) groups excluding carboxylic acids is 2. The third kappa shape index (κ3) is 11.2. The van der Waals surface area contributed by atoms with Gasteiger partial charge in [0, 0.05) is 43.4 Å². The number of hydrazine groups is 1. The third-order valence-corrected chi connectivity index (χ3v) is 7.37. The minimum absolute atomic E-state index is 0.258. The first-order valence-electron chi connectivity index (χ1n) is 13.5. The third-order valence-electron chi connectivity index (χ3n) is 5.49. The molecule has 3 rings (SSSR count). The Balaban J connectivity index is 1.43. The maximum absolute atomic E-state index is 12.1. The van der Waals surface area contributed by atoms with Crippen molar-refractivity contribution in [1.82, 2.24) is 25.6 Å². The number of rotatable bonds is 16. The predicted molar refractivity (Wildman–Crippen MR) is 171 cm³/mol. The average molecular weight is 628 g/mol. The lowest BCUT2D eigenvalue weighted by atomic mass is 10.1. The number of carbonyl (C=O) groups is 2. The van der Waals surface area contributed by atoms with Crippen LogP contribution in [0, 0.1) is 11.8 Å². The highest BCUT2D eigenvalue weighted by Crippen LogP contribution is 2.30. The number of thioether (sulfide) groups is 1. The Morgan fingerprint density at radius 1 is 1.09 bits per heavy atom. The van der Waals surface area contributed by atoms with Crippen LogP contribution < -0.4 is 44.0 Å². The van der Waals surface area contributed by atoms with Crippen LogP contribution in [0.5, 0.6) is 0 Å². The van der Waals surface area contributed by atoms with Crippen LogP contribution in [0.1, 0.15) is 34.1 Å². The summed E-state index contributed by atoms with van der Waals surface area (Å²) in [6.07, 6.45) is 2.40. The lowest BCUT2D eigenvalue weighted by Crippen LogP contribution is -2.32. The Kier molecular flexibility index (Phi) is 13.8. The maximum atomic E-state index is 12.1. The first-order chi connectivity index (χ1) is 20.8. The van der Waals surface area contributed by atoms with Gasteiger partial charge in [0.25, 0.3) is 11.8 Å². The number of anilines is 4. The van der Waals surface area contributed by atoms with Crippen molar-refractivity contribution in [3.8, 4) is 11.8 Å². The van der Waals surface area contributed by atoms with Crippen molar-refractivity contribution in [1.29, 1.82) is 0 Å². The summed E-state index contributed by atoms with van der Waals surface area (Å²) >= 11 is 2.64. The van der Waals surface area contributed by atoms with E-state index in [0.717, 1.165) is 29.1 Å². The molecular weight excluding hydrogens is 591 g/mol. The van der Waals surface area contributed by atoms with Crippen molar-refractivity contribution in [2.45, 2.75) is 25.0 Å². The minimum Gasteiger partial charge on any atom is -0.393 e. The van der Waals surface area contributed by atoms with Gasteiger partial charge in [-0.15, -0.1) is 0 Å². The van der Waals surface area contributed by atoms with Gasteiger partial charge in [-0.1, -0.05) is 48.1 Å². The van der Waals surface area contributed by atoms with E-state index in [2.05, 4.69) is 49.7 Å². The van der Waals surface area contributed by atoms with Gasteiger partial charge in [0.15, 0.2) is 21.9 Å². The smallest absolute Gasteiger partial charge is 0.296 e. The van der Waals surface area contributed by atoms with Crippen molar-refractivity contribution in [2.24, 2.45) is 11.6 Å². The molecular formula is C27H37N11O3S2. The molecule has 230 valence electrons. The largest absolute Gasteiger partial charge is 0.393 e.